The van der Waals surface area contributed by atoms with E-state index in [1.54, 1.807) is 0 Å². The highest BCUT2D eigenvalue weighted by Crippen LogP contribution is 2.26. The Kier molecular flexibility index (Phi) is 7.44. The standard InChI is InChI=1S/C17H33NO3/c1-13-3-2-4-17(9-13)21-12-16(20)11-18-10-14-5-7-15(19)8-6-14/h13-20H,2-12H2,1H3. The van der Waals surface area contributed by atoms with Crippen LogP contribution in [-0.2, 0) is 4.74 Å². The van der Waals surface area contributed by atoms with E-state index in [4.69, 9.17) is 4.74 Å². The number of hydrogen-bond acceptors (Lipinski definition) is 4. The van der Waals surface area contributed by atoms with E-state index < -0.39 is 6.10 Å². The highest BCUT2D eigenvalue weighted by Gasteiger charge is 2.21. The number of ether oxygens (including phenoxy) is 1. The Balaban J connectivity index is 1.50. The van der Waals surface area contributed by atoms with Crippen molar-refractivity contribution in [3.05, 3.63) is 0 Å². The average Bonchev–Trinajstić information content (AvgIpc) is 2.47. The molecular weight excluding hydrogens is 266 g/mol. The zero-order valence-electron chi connectivity index (χ0n) is 13.5. The van der Waals surface area contributed by atoms with Gasteiger partial charge in [-0.05, 0) is 56.9 Å². The first-order valence-corrected chi connectivity index (χ1v) is 8.82. The van der Waals surface area contributed by atoms with E-state index in [-0.39, 0.29) is 6.10 Å². The zero-order valence-corrected chi connectivity index (χ0v) is 13.5. The predicted octanol–water partition coefficient (Wildman–Crippen LogP) is 2.08. The molecule has 3 N–H and O–H groups in total. The molecule has 2 rings (SSSR count). The van der Waals surface area contributed by atoms with Gasteiger partial charge >= 0.3 is 0 Å². The summed E-state index contributed by atoms with van der Waals surface area (Å²) >= 11 is 0. The smallest absolute Gasteiger partial charge is 0.0897 e. The fraction of sp³-hybridized carbons (Fsp3) is 1.00. The number of rotatable bonds is 7. The highest BCUT2D eigenvalue weighted by atomic mass is 16.5. The molecule has 4 heteroatoms. The van der Waals surface area contributed by atoms with Gasteiger partial charge in [0.05, 0.1) is 24.9 Å². The third-order valence-electron chi connectivity index (χ3n) is 5.04. The van der Waals surface area contributed by atoms with Crippen LogP contribution in [0.5, 0.6) is 0 Å². The Hall–Kier alpha value is -0.160. The van der Waals surface area contributed by atoms with Gasteiger partial charge in [0.1, 0.15) is 0 Å². The summed E-state index contributed by atoms with van der Waals surface area (Å²) < 4.78 is 5.85. The second kappa shape index (κ2) is 9.09. The molecule has 3 unspecified atom stereocenters. The number of nitrogens with one attached hydrogen (secondary N) is 1. The van der Waals surface area contributed by atoms with Gasteiger partial charge in [0.15, 0.2) is 0 Å². The Morgan fingerprint density at radius 2 is 1.90 bits per heavy atom. The second-order valence-corrected chi connectivity index (χ2v) is 7.21. The van der Waals surface area contributed by atoms with Crippen molar-refractivity contribution in [3.63, 3.8) is 0 Å². The molecule has 0 heterocycles. The van der Waals surface area contributed by atoms with Crippen LogP contribution in [-0.4, -0.2) is 48.2 Å². The van der Waals surface area contributed by atoms with Crippen molar-refractivity contribution in [1.82, 2.24) is 5.32 Å². The molecule has 2 saturated carbocycles. The van der Waals surface area contributed by atoms with Crippen LogP contribution in [0.15, 0.2) is 0 Å². The van der Waals surface area contributed by atoms with Crippen molar-refractivity contribution in [2.24, 2.45) is 11.8 Å². The van der Waals surface area contributed by atoms with Crippen LogP contribution in [0.2, 0.25) is 0 Å². The normalized spacial score (nSPS) is 35.6. The molecule has 3 atom stereocenters. The van der Waals surface area contributed by atoms with E-state index in [9.17, 15) is 10.2 Å². The van der Waals surface area contributed by atoms with Crippen LogP contribution in [0.1, 0.15) is 58.3 Å². The fourth-order valence-corrected chi connectivity index (χ4v) is 3.64. The van der Waals surface area contributed by atoms with Crippen LogP contribution in [0.25, 0.3) is 0 Å². The van der Waals surface area contributed by atoms with Crippen LogP contribution in [0.4, 0.5) is 0 Å². The lowest BCUT2D eigenvalue weighted by atomic mass is 9.87. The van der Waals surface area contributed by atoms with E-state index in [2.05, 4.69) is 12.2 Å². The van der Waals surface area contributed by atoms with Gasteiger partial charge in [-0.15, -0.1) is 0 Å². The summed E-state index contributed by atoms with van der Waals surface area (Å²) in [4.78, 5) is 0. The molecule has 2 aliphatic rings. The van der Waals surface area contributed by atoms with Gasteiger partial charge in [0, 0.05) is 6.54 Å². The lowest BCUT2D eigenvalue weighted by Gasteiger charge is -2.28. The van der Waals surface area contributed by atoms with Gasteiger partial charge in [-0.1, -0.05) is 19.8 Å². The van der Waals surface area contributed by atoms with Crippen molar-refractivity contribution < 1.29 is 14.9 Å². The Morgan fingerprint density at radius 1 is 1.14 bits per heavy atom. The summed E-state index contributed by atoms with van der Waals surface area (Å²) in [6.07, 6.45) is 8.78. The lowest BCUT2D eigenvalue weighted by molar-refractivity contribution is -0.0308. The van der Waals surface area contributed by atoms with Crippen molar-refractivity contribution in [2.75, 3.05) is 19.7 Å². The summed E-state index contributed by atoms with van der Waals surface area (Å²) in [6.45, 7) is 4.30. The first-order chi connectivity index (χ1) is 10.1. The van der Waals surface area contributed by atoms with E-state index in [1.807, 2.05) is 0 Å². The summed E-state index contributed by atoms with van der Waals surface area (Å²) in [6, 6.07) is 0. The minimum Gasteiger partial charge on any atom is -0.393 e. The quantitative estimate of drug-likeness (QED) is 0.673. The van der Waals surface area contributed by atoms with E-state index >= 15 is 0 Å². The maximum atomic E-state index is 9.99. The van der Waals surface area contributed by atoms with Crippen LogP contribution >= 0.6 is 0 Å². The molecule has 21 heavy (non-hydrogen) atoms. The molecule has 0 bridgehead atoms. The summed E-state index contributed by atoms with van der Waals surface area (Å²) in [7, 11) is 0. The second-order valence-electron chi connectivity index (χ2n) is 7.21. The minimum atomic E-state index is -0.406. The van der Waals surface area contributed by atoms with Crippen LogP contribution < -0.4 is 5.32 Å². The number of aliphatic hydroxyl groups is 2. The third-order valence-corrected chi connectivity index (χ3v) is 5.04. The first kappa shape index (κ1) is 17.2. The van der Waals surface area contributed by atoms with Gasteiger partial charge in [0.25, 0.3) is 0 Å². The van der Waals surface area contributed by atoms with E-state index in [1.165, 1.54) is 12.8 Å². The molecule has 0 aliphatic heterocycles. The Labute approximate surface area is 129 Å². The maximum Gasteiger partial charge on any atom is 0.0897 e. The molecule has 2 fully saturated rings. The molecule has 4 nitrogen and oxygen atoms in total. The highest BCUT2D eigenvalue weighted by molar-refractivity contribution is 4.74. The predicted molar refractivity (Wildman–Crippen MR) is 84.2 cm³/mol. The summed E-state index contributed by atoms with van der Waals surface area (Å²) in [5, 5.41) is 22.8. The molecule has 0 aromatic rings. The molecule has 0 aromatic carbocycles. The van der Waals surface area contributed by atoms with Crippen molar-refractivity contribution in [1.29, 1.82) is 0 Å². The molecular formula is C17H33NO3. The largest absolute Gasteiger partial charge is 0.393 e. The Morgan fingerprint density at radius 3 is 2.62 bits per heavy atom. The SMILES string of the molecule is CC1CCCC(OCC(O)CNCC2CCC(O)CC2)C1. The van der Waals surface area contributed by atoms with Crippen LogP contribution in [0, 0.1) is 11.8 Å². The average molecular weight is 299 g/mol. The molecule has 124 valence electrons. The Bertz CT molecular complexity index is 279. The summed E-state index contributed by atoms with van der Waals surface area (Å²) in [5.74, 6) is 1.42. The maximum absolute atomic E-state index is 9.99. The lowest BCUT2D eigenvalue weighted by Crippen LogP contribution is -2.36. The molecule has 0 spiro atoms. The topological polar surface area (TPSA) is 61.7 Å². The number of hydrogen-bond donors (Lipinski definition) is 3. The summed E-state index contributed by atoms with van der Waals surface area (Å²) in [5.41, 5.74) is 0. The molecule has 0 aromatic heterocycles. The molecule has 0 saturated heterocycles. The third kappa shape index (κ3) is 6.64. The fourth-order valence-electron chi connectivity index (χ4n) is 3.64. The minimum absolute atomic E-state index is 0.0851. The van der Waals surface area contributed by atoms with Gasteiger partial charge in [-0.2, -0.15) is 0 Å². The number of aliphatic hydroxyl groups excluding tert-OH is 2. The first-order valence-electron chi connectivity index (χ1n) is 8.82. The van der Waals surface area contributed by atoms with Crippen molar-refractivity contribution in [2.45, 2.75) is 76.6 Å². The van der Waals surface area contributed by atoms with Crippen molar-refractivity contribution in [3.8, 4) is 0 Å². The van der Waals surface area contributed by atoms with E-state index in [0.29, 0.717) is 25.2 Å². The van der Waals surface area contributed by atoms with E-state index in [0.717, 1.165) is 51.0 Å². The van der Waals surface area contributed by atoms with Gasteiger partial charge < -0.3 is 20.3 Å². The van der Waals surface area contributed by atoms with Gasteiger partial charge in [-0.25, -0.2) is 0 Å². The molecule has 0 radical (unpaired) electrons. The zero-order chi connectivity index (χ0) is 15.1. The molecule has 0 amide bonds. The monoisotopic (exact) mass is 299 g/mol. The van der Waals surface area contributed by atoms with Gasteiger partial charge in [0.2, 0.25) is 0 Å². The molecule has 2 aliphatic carbocycles. The van der Waals surface area contributed by atoms with Gasteiger partial charge in [-0.3, -0.25) is 0 Å². The van der Waals surface area contributed by atoms with Crippen molar-refractivity contribution >= 4 is 0 Å². The van der Waals surface area contributed by atoms with Crippen LogP contribution in [0.3, 0.4) is 0 Å².